The van der Waals surface area contributed by atoms with Gasteiger partial charge in [-0.3, -0.25) is 0 Å². The van der Waals surface area contributed by atoms with Crippen LogP contribution in [0, 0.1) is 0 Å². The summed E-state index contributed by atoms with van der Waals surface area (Å²) in [7, 11) is 1.86. The van der Waals surface area contributed by atoms with E-state index in [9.17, 15) is 0 Å². The molecule has 0 aliphatic carbocycles. The maximum atomic E-state index is 5.94. The van der Waals surface area contributed by atoms with Gasteiger partial charge in [-0.1, -0.05) is 23.7 Å². The van der Waals surface area contributed by atoms with Crippen LogP contribution in [0.2, 0.25) is 5.02 Å². The maximum Gasteiger partial charge on any atom is 0.158 e. The topological polar surface area (TPSA) is 56.7 Å². The summed E-state index contributed by atoms with van der Waals surface area (Å²) in [5, 5.41) is 4.98. The number of nitrogens with zero attached hydrogens (tertiary/aromatic N) is 3. The molecule has 16 heavy (non-hydrogen) atoms. The lowest BCUT2D eigenvalue weighted by molar-refractivity contribution is 0.744. The molecule has 0 saturated heterocycles. The number of hydrogen-bond donors (Lipinski definition) is 1. The van der Waals surface area contributed by atoms with E-state index in [0.717, 1.165) is 17.2 Å². The van der Waals surface area contributed by atoms with Gasteiger partial charge in [0.05, 0.1) is 0 Å². The second kappa shape index (κ2) is 4.63. The summed E-state index contributed by atoms with van der Waals surface area (Å²) in [6.45, 7) is 0.555. The molecule has 2 N–H and O–H groups in total. The molecule has 2 aromatic rings. The molecule has 0 spiro atoms. The van der Waals surface area contributed by atoms with Crippen LogP contribution in [0.25, 0.3) is 11.4 Å². The van der Waals surface area contributed by atoms with E-state index < -0.39 is 0 Å². The Balaban J connectivity index is 2.40. The Kier molecular flexibility index (Phi) is 3.22. The lowest BCUT2D eigenvalue weighted by Gasteiger charge is -1.99. The molecule has 0 aliphatic rings. The van der Waals surface area contributed by atoms with Crippen molar-refractivity contribution in [3.63, 3.8) is 0 Å². The highest BCUT2D eigenvalue weighted by Crippen LogP contribution is 2.20. The van der Waals surface area contributed by atoms with Gasteiger partial charge in [-0.15, -0.1) is 0 Å². The molecule has 84 valence electrons. The van der Waals surface area contributed by atoms with Crippen molar-refractivity contribution < 1.29 is 0 Å². The molecule has 0 amide bonds. The Morgan fingerprint density at radius 1 is 1.44 bits per heavy atom. The first-order valence-corrected chi connectivity index (χ1v) is 5.44. The zero-order valence-electron chi connectivity index (χ0n) is 9.02. The Morgan fingerprint density at radius 2 is 2.25 bits per heavy atom. The van der Waals surface area contributed by atoms with Crippen molar-refractivity contribution in [2.75, 3.05) is 6.54 Å². The van der Waals surface area contributed by atoms with Crippen molar-refractivity contribution in [1.29, 1.82) is 0 Å². The van der Waals surface area contributed by atoms with Crippen LogP contribution >= 0.6 is 11.6 Å². The molecule has 0 atom stereocenters. The Labute approximate surface area is 99.1 Å². The molecule has 0 bridgehead atoms. The molecule has 5 heteroatoms. The lowest BCUT2D eigenvalue weighted by atomic mass is 10.2. The van der Waals surface area contributed by atoms with Crippen LogP contribution in [0.5, 0.6) is 0 Å². The number of rotatable bonds is 3. The van der Waals surface area contributed by atoms with Crippen molar-refractivity contribution in [1.82, 2.24) is 14.8 Å². The largest absolute Gasteiger partial charge is 0.330 e. The normalized spacial score (nSPS) is 10.7. The highest BCUT2D eigenvalue weighted by Gasteiger charge is 2.08. The molecular formula is C11H13ClN4. The molecule has 0 radical (unpaired) electrons. The van der Waals surface area contributed by atoms with Crippen LogP contribution in [0.4, 0.5) is 0 Å². The van der Waals surface area contributed by atoms with Crippen LogP contribution in [0.1, 0.15) is 5.82 Å². The summed E-state index contributed by atoms with van der Waals surface area (Å²) in [5.74, 6) is 1.57. The number of aryl methyl sites for hydroxylation is 1. The molecule has 4 nitrogen and oxygen atoms in total. The molecule has 1 aromatic heterocycles. The Bertz CT molecular complexity index is 492. The van der Waals surface area contributed by atoms with Crippen LogP contribution in [0.3, 0.4) is 0 Å². The van der Waals surface area contributed by atoms with E-state index in [2.05, 4.69) is 10.1 Å². The smallest absolute Gasteiger partial charge is 0.158 e. The van der Waals surface area contributed by atoms with Gasteiger partial charge in [0.25, 0.3) is 0 Å². The highest BCUT2D eigenvalue weighted by atomic mass is 35.5. The maximum absolute atomic E-state index is 5.94. The summed E-state index contributed by atoms with van der Waals surface area (Å²) in [6.07, 6.45) is 0.689. The first kappa shape index (κ1) is 11.1. The number of aromatic nitrogens is 3. The molecule has 1 aromatic carbocycles. The molecule has 0 aliphatic heterocycles. The quantitative estimate of drug-likeness (QED) is 0.882. The van der Waals surface area contributed by atoms with Gasteiger partial charge >= 0.3 is 0 Å². The Morgan fingerprint density at radius 3 is 2.94 bits per heavy atom. The fourth-order valence-corrected chi connectivity index (χ4v) is 1.74. The van der Waals surface area contributed by atoms with Gasteiger partial charge in [0.15, 0.2) is 11.6 Å². The third-order valence-corrected chi connectivity index (χ3v) is 2.49. The molecule has 2 rings (SSSR count). The van der Waals surface area contributed by atoms with Crippen LogP contribution < -0.4 is 5.73 Å². The monoisotopic (exact) mass is 236 g/mol. The van der Waals surface area contributed by atoms with Crippen molar-refractivity contribution in [3.05, 3.63) is 35.1 Å². The van der Waals surface area contributed by atoms with Gasteiger partial charge in [0, 0.05) is 24.1 Å². The average Bonchev–Trinajstić information content (AvgIpc) is 2.60. The number of nitrogens with two attached hydrogens (primary N) is 1. The minimum absolute atomic E-state index is 0.555. The average molecular weight is 237 g/mol. The predicted molar refractivity (Wildman–Crippen MR) is 64.2 cm³/mol. The van der Waals surface area contributed by atoms with Gasteiger partial charge in [-0.05, 0) is 18.7 Å². The summed E-state index contributed by atoms with van der Waals surface area (Å²) >= 11 is 5.94. The zero-order valence-corrected chi connectivity index (χ0v) is 9.78. The van der Waals surface area contributed by atoms with E-state index in [1.165, 1.54) is 0 Å². The number of hydrogen-bond acceptors (Lipinski definition) is 3. The van der Waals surface area contributed by atoms with E-state index in [1.54, 1.807) is 4.68 Å². The van der Waals surface area contributed by atoms with E-state index in [1.807, 2.05) is 31.3 Å². The van der Waals surface area contributed by atoms with Crippen LogP contribution in [-0.2, 0) is 13.5 Å². The SMILES string of the molecule is Cn1nc(CCN)nc1-c1cccc(Cl)c1. The summed E-state index contributed by atoms with van der Waals surface area (Å²) in [5.41, 5.74) is 6.44. The molecular weight excluding hydrogens is 224 g/mol. The van der Waals surface area contributed by atoms with Gasteiger partial charge < -0.3 is 5.73 Å². The van der Waals surface area contributed by atoms with Gasteiger partial charge in [0.1, 0.15) is 0 Å². The van der Waals surface area contributed by atoms with E-state index in [0.29, 0.717) is 18.0 Å². The van der Waals surface area contributed by atoms with Crippen molar-refractivity contribution >= 4 is 11.6 Å². The second-order valence-corrected chi connectivity index (χ2v) is 3.96. The molecule has 0 saturated carbocycles. The summed E-state index contributed by atoms with van der Waals surface area (Å²) < 4.78 is 1.75. The molecule has 0 fully saturated rings. The first-order valence-electron chi connectivity index (χ1n) is 5.06. The minimum atomic E-state index is 0.555. The van der Waals surface area contributed by atoms with Gasteiger partial charge in [-0.25, -0.2) is 9.67 Å². The predicted octanol–water partition coefficient (Wildman–Crippen LogP) is 1.64. The lowest BCUT2D eigenvalue weighted by Crippen LogP contribution is -2.04. The van der Waals surface area contributed by atoms with E-state index >= 15 is 0 Å². The summed E-state index contributed by atoms with van der Waals surface area (Å²) in [4.78, 5) is 4.42. The standard InChI is InChI=1S/C11H13ClN4/c1-16-11(14-10(15-16)5-6-13)8-3-2-4-9(12)7-8/h2-4,7H,5-6,13H2,1H3. The summed E-state index contributed by atoms with van der Waals surface area (Å²) in [6, 6.07) is 7.57. The van der Waals surface area contributed by atoms with Gasteiger partial charge in [-0.2, -0.15) is 5.10 Å². The van der Waals surface area contributed by atoms with Crippen LogP contribution in [-0.4, -0.2) is 21.3 Å². The van der Waals surface area contributed by atoms with E-state index in [4.69, 9.17) is 17.3 Å². The Hall–Kier alpha value is -1.39. The minimum Gasteiger partial charge on any atom is -0.330 e. The number of halogens is 1. The molecule has 1 heterocycles. The fraction of sp³-hybridized carbons (Fsp3) is 0.273. The number of benzene rings is 1. The second-order valence-electron chi connectivity index (χ2n) is 3.52. The fourth-order valence-electron chi connectivity index (χ4n) is 1.55. The zero-order chi connectivity index (χ0) is 11.5. The van der Waals surface area contributed by atoms with Crippen molar-refractivity contribution in [2.45, 2.75) is 6.42 Å². The van der Waals surface area contributed by atoms with Crippen molar-refractivity contribution in [2.24, 2.45) is 12.8 Å². The van der Waals surface area contributed by atoms with E-state index in [-0.39, 0.29) is 0 Å². The third-order valence-electron chi connectivity index (χ3n) is 2.26. The van der Waals surface area contributed by atoms with Crippen molar-refractivity contribution in [3.8, 4) is 11.4 Å². The third kappa shape index (κ3) is 2.23. The highest BCUT2D eigenvalue weighted by molar-refractivity contribution is 6.30. The first-order chi connectivity index (χ1) is 7.70. The van der Waals surface area contributed by atoms with Crippen LogP contribution in [0.15, 0.2) is 24.3 Å². The molecule has 0 unspecified atom stereocenters. The van der Waals surface area contributed by atoms with Gasteiger partial charge in [0.2, 0.25) is 0 Å².